The van der Waals surface area contributed by atoms with Crippen LogP contribution in [0.25, 0.3) is 16.8 Å². The average molecular weight is 310 g/mol. The predicted molar refractivity (Wildman–Crippen MR) is 87.5 cm³/mol. The first-order valence-electron chi connectivity index (χ1n) is 7.31. The van der Waals surface area contributed by atoms with Gasteiger partial charge < -0.3 is 10.0 Å². The van der Waals surface area contributed by atoms with Crippen molar-refractivity contribution in [3.05, 3.63) is 54.0 Å². The summed E-state index contributed by atoms with van der Waals surface area (Å²) in [6, 6.07) is 10.1. The number of fused-ring (bicyclic) bond motifs is 1. The molecule has 23 heavy (non-hydrogen) atoms. The Hall–Kier alpha value is -2.73. The summed E-state index contributed by atoms with van der Waals surface area (Å²) in [5.41, 5.74) is 3.65. The number of carboxylic acids is 1. The van der Waals surface area contributed by atoms with Crippen LogP contribution in [0.5, 0.6) is 0 Å². The lowest BCUT2D eigenvalue weighted by molar-refractivity contribution is 0.0690. The van der Waals surface area contributed by atoms with E-state index in [1.54, 1.807) is 12.4 Å². The maximum Gasteiger partial charge on any atom is 0.356 e. The summed E-state index contributed by atoms with van der Waals surface area (Å²) in [4.78, 5) is 17.4. The van der Waals surface area contributed by atoms with Gasteiger partial charge in [0, 0.05) is 30.1 Å². The summed E-state index contributed by atoms with van der Waals surface area (Å²) in [7, 11) is 4.10. The van der Waals surface area contributed by atoms with Crippen molar-refractivity contribution >= 4 is 11.6 Å². The summed E-state index contributed by atoms with van der Waals surface area (Å²) in [5, 5.41) is 13.0. The van der Waals surface area contributed by atoms with Crippen LogP contribution < -0.4 is 0 Å². The second-order valence-corrected chi connectivity index (χ2v) is 5.74. The van der Waals surface area contributed by atoms with Crippen molar-refractivity contribution < 1.29 is 9.90 Å². The lowest BCUT2D eigenvalue weighted by Crippen LogP contribution is -2.16. The quantitative estimate of drug-likeness (QED) is 0.802. The van der Waals surface area contributed by atoms with Gasteiger partial charge in [0.05, 0.1) is 0 Å². The van der Waals surface area contributed by atoms with Crippen LogP contribution in [0, 0.1) is 0 Å². The molecule has 3 aromatic rings. The number of carbonyl (C=O) groups is 1. The molecular weight excluding hydrogens is 292 g/mol. The molecule has 0 spiro atoms. The van der Waals surface area contributed by atoms with Crippen molar-refractivity contribution in [2.75, 3.05) is 14.1 Å². The zero-order chi connectivity index (χ0) is 16.6. The van der Waals surface area contributed by atoms with Gasteiger partial charge in [0.2, 0.25) is 0 Å². The van der Waals surface area contributed by atoms with E-state index in [9.17, 15) is 4.79 Å². The number of aromatic carboxylic acids is 1. The Labute approximate surface area is 134 Å². The third-order valence-electron chi connectivity index (χ3n) is 4.03. The van der Waals surface area contributed by atoms with Gasteiger partial charge in [0.15, 0.2) is 11.3 Å². The van der Waals surface area contributed by atoms with Gasteiger partial charge in [-0.2, -0.15) is 5.10 Å². The molecule has 6 heteroatoms. The fourth-order valence-electron chi connectivity index (χ4n) is 2.38. The molecule has 0 radical (unpaired) electrons. The molecule has 1 atom stereocenters. The molecule has 3 rings (SSSR count). The highest BCUT2D eigenvalue weighted by Crippen LogP contribution is 2.23. The van der Waals surface area contributed by atoms with E-state index in [2.05, 4.69) is 34.0 Å². The maximum atomic E-state index is 11.0. The van der Waals surface area contributed by atoms with E-state index in [0.29, 0.717) is 11.7 Å². The number of hydrogen-bond donors (Lipinski definition) is 1. The van der Waals surface area contributed by atoms with E-state index in [0.717, 1.165) is 11.1 Å². The number of aromatic nitrogens is 3. The smallest absolute Gasteiger partial charge is 0.356 e. The highest BCUT2D eigenvalue weighted by molar-refractivity contribution is 5.86. The fraction of sp³-hybridized carbons (Fsp3) is 0.235. The third-order valence-corrected chi connectivity index (χ3v) is 4.03. The molecule has 0 aliphatic heterocycles. The van der Waals surface area contributed by atoms with Crippen molar-refractivity contribution in [2.24, 2.45) is 0 Å². The molecule has 1 N–H and O–H groups in total. The van der Waals surface area contributed by atoms with E-state index >= 15 is 0 Å². The molecule has 0 aliphatic carbocycles. The van der Waals surface area contributed by atoms with Crippen molar-refractivity contribution in [3.63, 3.8) is 0 Å². The normalized spacial score (nSPS) is 12.7. The molecular formula is C17H18N4O2. The predicted octanol–water partition coefficient (Wildman–Crippen LogP) is 2.72. The third kappa shape index (κ3) is 2.93. The average Bonchev–Trinajstić information content (AvgIpc) is 2.97. The molecule has 0 amide bonds. The maximum absolute atomic E-state index is 11.0. The Balaban J connectivity index is 1.95. The van der Waals surface area contributed by atoms with E-state index in [4.69, 9.17) is 5.11 Å². The second kappa shape index (κ2) is 5.81. The van der Waals surface area contributed by atoms with Crippen molar-refractivity contribution in [1.29, 1.82) is 0 Å². The number of nitrogens with zero attached hydrogens (tertiary/aromatic N) is 4. The molecule has 0 unspecified atom stereocenters. The monoisotopic (exact) mass is 310 g/mol. The summed E-state index contributed by atoms with van der Waals surface area (Å²) in [5.74, 6) is -1.06. The van der Waals surface area contributed by atoms with E-state index in [1.165, 1.54) is 16.1 Å². The first-order valence-corrected chi connectivity index (χ1v) is 7.31. The minimum atomic E-state index is -1.06. The Bertz CT molecular complexity index is 853. The molecule has 1 aromatic carbocycles. The van der Waals surface area contributed by atoms with Crippen LogP contribution in [-0.2, 0) is 0 Å². The summed E-state index contributed by atoms with van der Waals surface area (Å²) >= 11 is 0. The lowest BCUT2D eigenvalue weighted by atomic mass is 10.0. The fourth-order valence-corrected chi connectivity index (χ4v) is 2.38. The van der Waals surface area contributed by atoms with Crippen LogP contribution in [0.1, 0.15) is 29.0 Å². The molecule has 6 nitrogen and oxygen atoms in total. The first kappa shape index (κ1) is 15.2. The van der Waals surface area contributed by atoms with Gasteiger partial charge in [0.25, 0.3) is 0 Å². The van der Waals surface area contributed by atoms with E-state index in [1.807, 2.05) is 26.2 Å². The van der Waals surface area contributed by atoms with Crippen molar-refractivity contribution in [1.82, 2.24) is 19.5 Å². The van der Waals surface area contributed by atoms with Gasteiger partial charge in [-0.25, -0.2) is 14.3 Å². The Kier molecular flexibility index (Phi) is 3.83. The van der Waals surface area contributed by atoms with Gasteiger partial charge in [-0.05, 0) is 32.1 Å². The second-order valence-electron chi connectivity index (χ2n) is 5.74. The van der Waals surface area contributed by atoms with Crippen LogP contribution in [0.15, 0.2) is 42.7 Å². The van der Waals surface area contributed by atoms with E-state index in [-0.39, 0.29) is 5.69 Å². The zero-order valence-corrected chi connectivity index (χ0v) is 13.3. The summed E-state index contributed by atoms with van der Waals surface area (Å²) in [6.07, 6.45) is 3.52. The van der Waals surface area contributed by atoms with Crippen LogP contribution in [0.4, 0.5) is 0 Å². The molecule has 0 fully saturated rings. The standard InChI is InChI=1S/C17H18N4O2/c1-11(20(2)3)12-4-6-13(7-5-12)14-9-18-16-8-15(17(22)23)19-21(16)10-14/h4-11H,1-3H3,(H,22,23)/t11-/m0/s1. The molecule has 0 saturated carbocycles. The molecule has 118 valence electrons. The zero-order valence-electron chi connectivity index (χ0n) is 13.3. The molecule has 0 saturated heterocycles. The largest absolute Gasteiger partial charge is 0.476 e. The van der Waals surface area contributed by atoms with Gasteiger partial charge in [-0.1, -0.05) is 24.3 Å². The van der Waals surface area contributed by atoms with Crippen molar-refractivity contribution in [3.8, 4) is 11.1 Å². The highest BCUT2D eigenvalue weighted by Gasteiger charge is 2.11. The van der Waals surface area contributed by atoms with Crippen molar-refractivity contribution in [2.45, 2.75) is 13.0 Å². The van der Waals surface area contributed by atoms with Gasteiger partial charge >= 0.3 is 5.97 Å². The molecule has 2 heterocycles. The van der Waals surface area contributed by atoms with Crippen LogP contribution in [0.2, 0.25) is 0 Å². The Morgan fingerprint density at radius 3 is 2.52 bits per heavy atom. The summed E-state index contributed by atoms with van der Waals surface area (Å²) in [6.45, 7) is 2.15. The van der Waals surface area contributed by atoms with Crippen LogP contribution in [-0.4, -0.2) is 44.7 Å². The Morgan fingerprint density at radius 2 is 1.91 bits per heavy atom. The molecule has 0 bridgehead atoms. The van der Waals surface area contributed by atoms with Crippen LogP contribution in [0.3, 0.4) is 0 Å². The highest BCUT2D eigenvalue weighted by atomic mass is 16.4. The number of rotatable bonds is 4. The van der Waals surface area contributed by atoms with Gasteiger partial charge in [-0.3, -0.25) is 0 Å². The van der Waals surface area contributed by atoms with Gasteiger partial charge in [0.1, 0.15) is 0 Å². The lowest BCUT2D eigenvalue weighted by Gasteiger charge is -2.20. The number of carboxylic acid groups (broad SMARTS) is 1. The van der Waals surface area contributed by atoms with E-state index < -0.39 is 5.97 Å². The first-order chi connectivity index (χ1) is 11.0. The Morgan fingerprint density at radius 1 is 1.22 bits per heavy atom. The minimum Gasteiger partial charge on any atom is -0.476 e. The minimum absolute atomic E-state index is 0.00944. The molecule has 2 aromatic heterocycles. The van der Waals surface area contributed by atoms with Crippen LogP contribution >= 0.6 is 0 Å². The number of benzene rings is 1. The number of hydrogen-bond acceptors (Lipinski definition) is 4. The SMILES string of the molecule is C[C@@H](c1ccc(-c2cnc3cc(C(=O)O)nn3c2)cc1)N(C)C. The summed E-state index contributed by atoms with van der Waals surface area (Å²) < 4.78 is 1.50. The molecule has 0 aliphatic rings. The topological polar surface area (TPSA) is 70.7 Å². The van der Waals surface area contributed by atoms with Gasteiger partial charge in [-0.15, -0.1) is 0 Å².